The summed E-state index contributed by atoms with van der Waals surface area (Å²) >= 11 is 2.09. The quantitative estimate of drug-likeness (QED) is 0.0381. The summed E-state index contributed by atoms with van der Waals surface area (Å²) in [4.78, 5) is 0. The molecule has 0 spiro atoms. The molecule has 2 atom stereocenters. The fraction of sp³-hybridized carbons (Fsp3) is 0.964. The molecule has 122 heavy (non-hydrogen) atoms. The Labute approximate surface area is 763 Å². The van der Waals surface area contributed by atoms with E-state index in [0.717, 1.165) is 198 Å². The lowest BCUT2D eigenvalue weighted by Crippen LogP contribution is -2.37. The van der Waals surface area contributed by atoms with Crippen molar-refractivity contribution < 1.29 is 49.3 Å². The summed E-state index contributed by atoms with van der Waals surface area (Å²) in [7, 11) is 3.46. The van der Waals surface area contributed by atoms with Crippen LogP contribution in [0.2, 0.25) is 0 Å². The Kier molecular flexibility index (Phi) is 74.7. The number of methoxy groups -OCH3 is 2. The van der Waals surface area contributed by atoms with E-state index in [2.05, 4.69) is 224 Å². The number of alkyl halides is 8. The molecule has 10 fully saturated rings. The number of ether oxygens (including phenoxy) is 3. The van der Waals surface area contributed by atoms with Crippen LogP contribution in [0.3, 0.4) is 0 Å². The first-order valence-corrected chi connectivity index (χ1v) is 52.4. The molecular formula is C110H214F8O3S. The van der Waals surface area contributed by atoms with Crippen molar-refractivity contribution in [3.05, 3.63) is 12.2 Å². The van der Waals surface area contributed by atoms with Gasteiger partial charge in [0.1, 0.15) is 11.3 Å². The second-order valence-corrected chi connectivity index (χ2v) is 47.3. The lowest BCUT2D eigenvalue weighted by molar-refractivity contribution is -0.122. The minimum atomic E-state index is -2.40. The molecule has 3 nitrogen and oxygen atoms in total. The Bertz CT molecular complexity index is 2280. The van der Waals surface area contributed by atoms with Crippen molar-refractivity contribution in [3.8, 4) is 12.3 Å². The zero-order valence-electron chi connectivity index (χ0n) is 87.6. The Hall–Kier alpha value is -1.03. The van der Waals surface area contributed by atoms with Gasteiger partial charge in [-0.25, -0.2) is 35.1 Å². The van der Waals surface area contributed by atoms with Crippen LogP contribution in [0.1, 0.15) is 459 Å². The maximum absolute atomic E-state index is 13.2. The number of hydrogen-bond acceptors (Lipinski definition) is 4. The second-order valence-electron chi connectivity index (χ2n) is 46.3. The number of rotatable bonds is 32. The Morgan fingerprint density at radius 2 is 0.852 bits per heavy atom. The number of allylic oxidation sites excluding steroid dienone is 2. The van der Waals surface area contributed by atoms with Crippen molar-refractivity contribution in [2.45, 2.75) is 488 Å². The molecule has 12 heteroatoms. The van der Waals surface area contributed by atoms with Gasteiger partial charge >= 0.3 is 0 Å². The van der Waals surface area contributed by atoms with Gasteiger partial charge in [0.25, 0.3) is 11.8 Å². The largest absolute Gasteiger partial charge is 0.385 e. The zero-order chi connectivity index (χ0) is 94.6. The summed E-state index contributed by atoms with van der Waals surface area (Å²) in [6, 6.07) is 0. The normalized spacial score (nSPS) is 20.7. The summed E-state index contributed by atoms with van der Waals surface area (Å²) in [6.07, 6.45) is 50.8. The number of terminal acetylenes is 1. The van der Waals surface area contributed by atoms with Crippen LogP contribution in [0.4, 0.5) is 35.1 Å². The maximum Gasteiger partial charge on any atom is 0.253 e. The highest BCUT2D eigenvalue weighted by atomic mass is 32.2. The Balaban J connectivity index is -0.000000613. The highest BCUT2D eigenvalue weighted by Gasteiger charge is 2.56. The van der Waals surface area contributed by atoms with Crippen molar-refractivity contribution in [1.29, 1.82) is 0 Å². The first-order chi connectivity index (χ1) is 56.5. The van der Waals surface area contributed by atoms with Crippen LogP contribution in [0.15, 0.2) is 12.2 Å². The van der Waals surface area contributed by atoms with Crippen LogP contribution in [0.5, 0.6) is 0 Å². The molecule has 2 heterocycles. The van der Waals surface area contributed by atoms with Gasteiger partial charge < -0.3 is 14.2 Å². The van der Waals surface area contributed by atoms with E-state index < -0.39 is 35.0 Å². The molecule has 9 aliphatic carbocycles. The van der Waals surface area contributed by atoms with E-state index in [9.17, 15) is 35.1 Å². The third kappa shape index (κ3) is 81.0. The van der Waals surface area contributed by atoms with E-state index in [0.29, 0.717) is 41.9 Å². The molecular weight excluding hydrogens is 1550 g/mol. The van der Waals surface area contributed by atoms with Crippen molar-refractivity contribution >= 4 is 11.8 Å². The van der Waals surface area contributed by atoms with E-state index in [1.165, 1.54) is 140 Å². The molecule has 2 aliphatic heterocycles. The zero-order valence-corrected chi connectivity index (χ0v) is 88.4. The van der Waals surface area contributed by atoms with Gasteiger partial charge in [0.15, 0.2) is 0 Å². The van der Waals surface area contributed by atoms with E-state index >= 15 is 0 Å². The molecule has 0 bridgehead atoms. The van der Waals surface area contributed by atoms with Crippen molar-refractivity contribution in [1.82, 2.24) is 0 Å². The molecule has 0 aromatic heterocycles. The number of thioether (sulfide) groups is 1. The van der Waals surface area contributed by atoms with Gasteiger partial charge in [-0.3, -0.25) is 0 Å². The summed E-state index contributed by atoms with van der Waals surface area (Å²) in [5, 5.41) is 0. The average Bonchev–Trinajstić information content (AvgIpc) is 1.64. The fourth-order valence-electron chi connectivity index (χ4n) is 16.0. The summed E-state index contributed by atoms with van der Waals surface area (Å²) in [5.41, 5.74) is -0.712. The highest BCUT2D eigenvalue weighted by Crippen LogP contribution is 2.53. The van der Waals surface area contributed by atoms with Gasteiger partial charge in [-0.2, -0.15) is 11.8 Å². The molecule has 2 unspecified atom stereocenters. The molecule has 8 saturated carbocycles. The van der Waals surface area contributed by atoms with Crippen LogP contribution >= 0.6 is 11.8 Å². The van der Waals surface area contributed by atoms with Crippen molar-refractivity contribution in [2.24, 2.45) is 142 Å². The van der Waals surface area contributed by atoms with Gasteiger partial charge in [0.05, 0.1) is 13.2 Å². The molecule has 0 radical (unpaired) electrons. The van der Waals surface area contributed by atoms with Gasteiger partial charge in [-0.05, 0) is 271 Å². The van der Waals surface area contributed by atoms with Crippen molar-refractivity contribution in [3.63, 3.8) is 0 Å². The van der Waals surface area contributed by atoms with Gasteiger partial charge in [0.2, 0.25) is 5.92 Å². The highest BCUT2D eigenvalue weighted by molar-refractivity contribution is 8.00. The van der Waals surface area contributed by atoms with Crippen LogP contribution in [0, 0.1) is 154 Å². The minimum Gasteiger partial charge on any atom is -0.385 e. The molecule has 11 aliphatic rings. The number of halogens is 8. The predicted molar refractivity (Wildman–Crippen MR) is 527 cm³/mol. The first-order valence-electron chi connectivity index (χ1n) is 51.2. The maximum atomic E-state index is 13.2. The third-order valence-electron chi connectivity index (χ3n) is 24.2. The molecule has 0 N–H and O–H groups in total. The summed E-state index contributed by atoms with van der Waals surface area (Å²) in [5.74, 6) is 13.3. The van der Waals surface area contributed by atoms with Gasteiger partial charge in [-0.1, -0.05) is 304 Å². The SMILES string of the molecule is C#CCCC(C)C.CC(C)C(F)(F)C1CCC1.CC(C)CC1(C)CC1.CC(C)CC1(F)CC1.CC(C)CC1(F)CCC1.CC(C)CC1C=CCC1.CC(C)CC1CC(F)(F)C1.CC(C)CC1CC1(F)F.CC(C)CC1CCC1.CC(C)CC1COC1.CC(C)CC1CSC1.CC(C)CCC1CCC1.CCCC(C)C.COCC(C)C.COCCC(C)C. The van der Waals surface area contributed by atoms with Crippen LogP contribution in [-0.4, -0.2) is 81.3 Å². The third-order valence-corrected chi connectivity index (χ3v) is 25.6. The second kappa shape index (κ2) is 71.6. The van der Waals surface area contributed by atoms with Crippen LogP contribution < -0.4 is 0 Å². The average molecular weight is 1770 g/mol. The predicted octanol–water partition coefficient (Wildman–Crippen LogP) is 37.7. The summed E-state index contributed by atoms with van der Waals surface area (Å²) < 4.78 is 115. The number of hydrogen-bond donors (Lipinski definition) is 0. The van der Waals surface area contributed by atoms with Gasteiger partial charge in [-0.15, -0.1) is 12.3 Å². The Morgan fingerprint density at radius 3 is 1.01 bits per heavy atom. The molecule has 2 saturated heterocycles. The Morgan fingerprint density at radius 1 is 0.434 bits per heavy atom. The summed E-state index contributed by atoms with van der Waals surface area (Å²) in [6.45, 7) is 73.2. The lowest BCUT2D eigenvalue weighted by atomic mass is 9.77. The minimum absolute atomic E-state index is 0.130. The molecule has 734 valence electrons. The van der Waals surface area contributed by atoms with E-state index in [4.69, 9.17) is 20.6 Å². The lowest BCUT2D eigenvalue weighted by Gasteiger charge is -2.35. The van der Waals surface area contributed by atoms with Crippen molar-refractivity contribution in [2.75, 3.05) is 52.2 Å². The van der Waals surface area contributed by atoms with Crippen LogP contribution in [0.25, 0.3) is 0 Å². The molecule has 0 amide bonds. The smallest absolute Gasteiger partial charge is 0.253 e. The van der Waals surface area contributed by atoms with E-state index in [1.807, 2.05) is 13.8 Å². The molecule has 11 rings (SSSR count). The van der Waals surface area contributed by atoms with E-state index in [1.54, 1.807) is 28.1 Å². The topological polar surface area (TPSA) is 27.7 Å². The monoisotopic (exact) mass is 1770 g/mol. The van der Waals surface area contributed by atoms with Crippen LogP contribution in [-0.2, 0) is 14.2 Å². The van der Waals surface area contributed by atoms with E-state index in [-0.39, 0.29) is 31.1 Å². The fourth-order valence-corrected chi connectivity index (χ4v) is 16.8. The standard InChI is InChI=1S/C9H18.C9H16.2C8H14F2.C8H15F.2C8H16.C7H12F2.C7H13F.C7H14O.C7H14S.C7H12.C6H14O.C6H14.C5H12O/c1-8(2)6-7-9-4-3-5-9;1-8(2)7-9-5-3-4-6-9;1-6(2)3-7-4-8(9,10)5-7;1-6(2)8(9,10)7-4-3-5-7;1-7(2)6-8(9)4-3-5-8;1-7(2)6-8(3)4-5-8;1-7(2)6-8-4-3-5-8;1-5(2)3-6-4-7(6,8)9;1-6(2)5-7(8)3-4-7;2*1-6(2)3-7-4-8-5-7;1-4-5-6-7(2)3;1-6(2)4-5-7-3;1-4-5-6(2)3;1-5(2)4-6-3/h8-9H,3-7H2,1-2H3;3,5,8-9H,4,6-7H2,1-2H3;2*6-7H,3-5H2,1-2H3;7H,3-6H2,1-2H3;7H,4-6H2,1-3H3;7-8H,3-6H2,1-2H3;5-6H,3-4H2,1-2H3;6H,3-5H2,1-2H3;2*6-7H,3-5H2,1-2H3;1,7H,5-6H2,2-3H3;6H,4-5H2,1-3H3;6H,4-5H2,1-3H3;5H,4H2,1-3H3. The first kappa shape index (κ1) is 127. The molecule has 0 aromatic rings. The molecule has 0 aromatic carbocycles. The van der Waals surface area contributed by atoms with Gasteiger partial charge in [0, 0.05) is 76.8 Å².